The van der Waals surface area contributed by atoms with Crippen molar-refractivity contribution in [1.82, 2.24) is 19.4 Å². The maximum Gasteiger partial charge on any atom is 0.330 e. The van der Waals surface area contributed by atoms with Gasteiger partial charge in [-0.1, -0.05) is 53.7 Å². The van der Waals surface area contributed by atoms with E-state index in [1.54, 1.807) is 29.2 Å². The summed E-state index contributed by atoms with van der Waals surface area (Å²) in [5, 5.41) is 2.93. The van der Waals surface area contributed by atoms with Gasteiger partial charge in [-0.2, -0.15) is 0 Å². The van der Waals surface area contributed by atoms with Gasteiger partial charge in [-0.3, -0.25) is 13.9 Å². The van der Waals surface area contributed by atoms with Crippen LogP contribution < -0.4 is 11.0 Å². The highest BCUT2D eigenvalue weighted by Gasteiger charge is 2.14. The lowest BCUT2D eigenvalue weighted by molar-refractivity contribution is -0.117. The number of unbranched alkanes of at least 4 members (excludes halogenated alkanes) is 1. The van der Waals surface area contributed by atoms with Gasteiger partial charge in [-0.05, 0) is 56.4 Å². The standard InChI is InChI=1S/C22H30N4O2.C5H12.H2/c1-7-10-13-23-21(27)16(5)14-17(15(4)8-2)18-11-12-19-20(24-18)25(6)22(28)26(19)9-3;1-5(2,3)4;/h8,11-12,14H,2,7,9-10,13H2,1,3-6H3,(H,23,27);1-4H3;1H/b16-14+,17-15+;;. The zero-order chi connectivity index (χ0) is 25.3. The Morgan fingerprint density at radius 3 is 2.33 bits per heavy atom. The van der Waals surface area contributed by atoms with Gasteiger partial charge in [0.2, 0.25) is 5.91 Å². The predicted octanol–water partition coefficient (Wildman–Crippen LogP) is 5.88. The number of aryl methyl sites for hydroxylation is 2. The third-order valence-corrected chi connectivity index (χ3v) is 4.84. The van der Waals surface area contributed by atoms with Crippen LogP contribution in [-0.4, -0.2) is 26.6 Å². The van der Waals surface area contributed by atoms with E-state index < -0.39 is 0 Å². The molecular formula is C27H44N4O2. The molecule has 0 bridgehead atoms. The van der Waals surface area contributed by atoms with Crippen LogP contribution in [0.5, 0.6) is 0 Å². The Hall–Kier alpha value is -2.89. The summed E-state index contributed by atoms with van der Waals surface area (Å²) < 4.78 is 3.25. The van der Waals surface area contributed by atoms with E-state index in [1.165, 1.54) is 0 Å². The number of nitrogens with zero attached hydrogens (tertiary/aromatic N) is 3. The van der Waals surface area contributed by atoms with Crippen LogP contribution in [0.3, 0.4) is 0 Å². The van der Waals surface area contributed by atoms with E-state index in [0.29, 0.717) is 35.4 Å². The van der Waals surface area contributed by atoms with Gasteiger partial charge in [0.25, 0.3) is 0 Å². The number of amides is 1. The van der Waals surface area contributed by atoms with E-state index >= 15 is 0 Å². The average molecular weight is 457 g/mol. The average Bonchev–Trinajstić information content (AvgIpc) is 2.99. The number of hydrogen-bond acceptors (Lipinski definition) is 3. The Bertz CT molecular complexity index is 1090. The second-order valence-corrected chi connectivity index (χ2v) is 9.86. The molecule has 0 aliphatic heterocycles. The first-order chi connectivity index (χ1) is 15.3. The van der Waals surface area contributed by atoms with Crippen molar-refractivity contribution in [3.63, 3.8) is 0 Å². The number of allylic oxidation sites excluding steroid dienone is 4. The number of carbonyl (C=O) groups excluding carboxylic acids is 1. The Kier molecular flexibility index (Phi) is 10.6. The summed E-state index contributed by atoms with van der Waals surface area (Å²) in [5.74, 6) is -0.0894. The van der Waals surface area contributed by atoms with Gasteiger partial charge in [-0.15, -0.1) is 0 Å². The molecule has 1 amide bonds. The van der Waals surface area contributed by atoms with Crippen LogP contribution in [0.2, 0.25) is 0 Å². The van der Waals surface area contributed by atoms with Crippen molar-refractivity contribution in [2.75, 3.05) is 6.54 Å². The van der Waals surface area contributed by atoms with Crippen LogP contribution >= 0.6 is 0 Å². The highest BCUT2D eigenvalue weighted by molar-refractivity contribution is 5.96. The minimum Gasteiger partial charge on any atom is -0.352 e. The highest BCUT2D eigenvalue weighted by atomic mass is 16.2. The predicted molar refractivity (Wildman–Crippen MR) is 142 cm³/mol. The molecule has 0 unspecified atom stereocenters. The summed E-state index contributed by atoms with van der Waals surface area (Å²) in [4.78, 5) is 29.4. The number of fused-ring (bicyclic) bond motifs is 1. The third-order valence-electron chi connectivity index (χ3n) is 4.84. The van der Waals surface area contributed by atoms with E-state index in [-0.39, 0.29) is 13.0 Å². The summed E-state index contributed by atoms with van der Waals surface area (Å²) in [5.41, 5.74) is 4.87. The summed E-state index contributed by atoms with van der Waals surface area (Å²) in [6, 6.07) is 3.79. The maximum atomic E-state index is 12.4. The number of imidazole rings is 1. The third kappa shape index (κ3) is 8.19. The lowest BCUT2D eigenvalue weighted by Gasteiger charge is -2.09. The quantitative estimate of drug-likeness (QED) is 0.306. The summed E-state index contributed by atoms with van der Waals surface area (Å²) in [6.45, 7) is 21.6. The van der Waals surface area contributed by atoms with Crippen molar-refractivity contribution in [3.05, 3.63) is 58.2 Å². The van der Waals surface area contributed by atoms with E-state index in [9.17, 15) is 9.59 Å². The number of carbonyl (C=O) groups is 1. The first-order valence-electron chi connectivity index (χ1n) is 11.7. The number of nitrogens with one attached hydrogen (secondary N) is 1. The Balaban J connectivity index is 0.00000164. The largest absolute Gasteiger partial charge is 0.352 e. The SMILES string of the molecule is C=C/C(C)=C(\C=C(/C)C(=O)NCCCC)c1ccc2c(n1)n(C)c(=O)n2CC.CC(C)(C)C.[HH]. The second kappa shape index (κ2) is 12.4. The number of aromatic nitrogens is 3. The Morgan fingerprint density at radius 1 is 1.21 bits per heavy atom. The first kappa shape index (κ1) is 28.1. The number of rotatable bonds is 8. The molecule has 2 heterocycles. The minimum absolute atomic E-state index is 0. The van der Waals surface area contributed by atoms with Crippen LogP contribution in [0.25, 0.3) is 16.7 Å². The van der Waals surface area contributed by atoms with E-state index in [2.05, 4.69) is 46.5 Å². The molecule has 0 aliphatic carbocycles. The van der Waals surface area contributed by atoms with Crippen LogP contribution in [0.4, 0.5) is 0 Å². The monoisotopic (exact) mass is 456 g/mol. The molecule has 184 valence electrons. The van der Waals surface area contributed by atoms with Crippen molar-refractivity contribution in [3.8, 4) is 0 Å². The van der Waals surface area contributed by atoms with Gasteiger partial charge in [-0.25, -0.2) is 9.78 Å². The lowest BCUT2D eigenvalue weighted by Crippen LogP contribution is -2.25. The van der Waals surface area contributed by atoms with Crippen LogP contribution in [0.15, 0.2) is 46.8 Å². The van der Waals surface area contributed by atoms with Crippen molar-refractivity contribution in [2.45, 2.75) is 74.8 Å². The van der Waals surface area contributed by atoms with Crippen LogP contribution in [0.1, 0.15) is 75.4 Å². The normalized spacial score (nSPS) is 12.7. The molecule has 0 aromatic carbocycles. The van der Waals surface area contributed by atoms with Crippen LogP contribution in [0, 0.1) is 5.41 Å². The van der Waals surface area contributed by atoms with Gasteiger partial charge in [0.15, 0.2) is 5.65 Å². The fourth-order valence-electron chi connectivity index (χ4n) is 3.03. The Morgan fingerprint density at radius 2 is 1.82 bits per heavy atom. The molecule has 0 atom stereocenters. The molecule has 1 N–H and O–H groups in total. The first-order valence-corrected chi connectivity index (χ1v) is 11.7. The van der Waals surface area contributed by atoms with Gasteiger partial charge in [0.1, 0.15) is 0 Å². The summed E-state index contributed by atoms with van der Waals surface area (Å²) >= 11 is 0. The molecule has 0 radical (unpaired) electrons. The number of pyridine rings is 1. The van der Waals surface area contributed by atoms with Crippen molar-refractivity contribution in [2.24, 2.45) is 12.5 Å². The maximum absolute atomic E-state index is 12.4. The molecule has 0 spiro atoms. The molecule has 2 aromatic rings. The van der Waals surface area contributed by atoms with E-state index in [1.807, 2.05) is 32.1 Å². The number of hydrogen-bond donors (Lipinski definition) is 1. The molecule has 33 heavy (non-hydrogen) atoms. The molecule has 6 heteroatoms. The summed E-state index contributed by atoms with van der Waals surface area (Å²) in [7, 11) is 1.72. The van der Waals surface area contributed by atoms with E-state index in [4.69, 9.17) is 4.98 Å². The molecule has 2 aromatic heterocycles. The van der Waals surface area contributed by atoms with Crippen LogP contribution in [-0.2, 0) is 18.4 Å². The van der Waals surface area contributed by atoms with Crippen molar-refractivity contribution >= 4 is 22.6 Å². The summed E-state index contributed by atoms with van der Waals surface area (Å²) in [6.07, 6.45) is 5.56. The van der Waals surface area contributed by atoms with Gasteiger partial charge in [0, 0.05) is 32.7 Å². The van der Waals surface area contributed by atoms with Crippen molar-refractivity contribution in [1.29, 1.82) is 0 Å². The fourth-order valence-corrected chi connectivity index (χ4v) is 3.03. The second-order valence-electron chi connectivity index (χ2n) is 9.86. The molecule has 2 rings (SSSR count). The van der Waals surface area contributed by atoms with Gasteiger partial charge in [0.05, 0.1) is 11.2 Å². The fraction of sp³-hybridized carbons (Fsp3) is 0.519. The molecule has 0 fully saturated rings. The molecule has 0 aliphatic rings. The molecule has 0 saturated heterocycles. The minimum atomic E-state index is -0.0894. The zero-order valence-electron chi connectivity index (χ0n) is 22.0. The van der Waals surface area contributed by atoms with Gasteiger partial charge < -0.3 is 5.32 Å². The molecular weight excluding hydrogens is 412 g/mol. The Labute approximate surface area is 200 Å². The smallest absolute Gasteiger partial charge is 0.330 e. The lowest BCUT2D eigenvalue weighted by atomic mass is 10.0. The highest BCUT2D eigenvalue weighted by Crippen LogP contribution is 2.23. The zero-order valence-corrected chi connectivity index (χ0v) is 22.0. The molecule has 6 nitrogen and oxygen atoms in total. The van der Waals surface area contributed by atoms with E-state index in [0.717, 1.165) is 29.5 Å². The van der Waals surface area contributed by atoms with Crippen molar-refractivity contribution < 1.29 is 6.22 Å². The topological polar surface area (TPSA) is 68.9 Å². The molecule has 0 saturated carbocycles. The van der Waals surface area contributed by atoms with Gasteiger partial charge >= 0.3 is 5.69 Å².